The summed E-state index contributed by atoms with van der Waals surface area (Å²) in [6.45, 7) is 0.435. The van der Waals surface area contributed by atoms with Crippen LogP contribution in [0.4, 0.5) is 0 Å². The Labute approximate surface area is 52.6 Å². The highest BCUT2D eigenvalue weighted by atomic mass is 17.2. The topological polar surface area (TPSA) is 44.8 Å². The molecule has 0 spiro atoms. The Bertz CT molecular complexity index is 106. The number of rotatable bonds is 1. The lowest BCUT2D eigenvalue weighted by atomic mass is 10.3. The molecule has 0 aromatic rings. The molecule has 1 aliphatic heterocycles. The highest BCUT2D eigenvalue weighted by molar-refractivity contribution is 5.82. The van der Waals surface area contributed by atoms with Gasteiger partial charge in [-0.1, -0.05) is 0 Å². The normalized spacial score (nSPS) is 20.1. The van der Waals surface area contributed by atoms with Crippen molar-refractivity contribution in [1.29, 1.82) is 0 Å². The second kappa shape index (κ2) is 2.80. The Kier molecular flexibility index (Phi) is 2.02. The lowest BCUT2D eigenvalue weighted by molar-refractivity contribution is -0.246. The van der Waals surface area contributed by atoms with Crippen molar-refractivity contribution in [3.8, 4) is 0 Å². The van der Waals surface area contributed by atoms with Crippen LogP contribution in [0.1, 0.15) is 6.42 Å². The van der Waals surface area contributed by atoms with E-state index in [-0.39, 0.29) is 6.10 Å². The van der Waals surface area contributed by atoms with E-state index in [1.807, 2.05) is 0 Å². The van der Waals surface area contributed by atoms with Crippen LogP contribution >= 0.6 is 0 Å². The van der Waals surface area contributed by atoms with E-state index in [1.165, 1.54) is 7.11 Å². The lowest BCUT2D eigenvalue weighted by Gasteiger charge is -1.99. The maximum Gasteiger partial charge on any atom is 0.345 e. The minimum absolute atomic E-state index is 0.248. The minimum atomic E-state index is -0.451. The Morgan fingerprint density at radius 3 is 3.00 bits per heavy atom. The van der Waals surface area contributed by atoms with Crippen LogP contribution in [0, 0.1) is 6.10 Å². The zero-order valence-corrected chi connectivity index (χ0v) is 5.05. The Morgan fingerprint density at radius 1 is 1.78 bits per heavy atom. The summed E-state index contributed by atoms with van der Waals surface area (Å²) < 4.78 is 4.35. The SMILES string of the molecule is COC(=O)[C]1CCOO1. The molecule has 4 nitrogen and oxygen atoms in total. The maximum atomic E-state index is 10.5. The van der Waals surface area contributed by atoms with E-state index in [4.69, 9.17) is 0 Å². The predicted octanol–water partition coefficient (Wildman–Crippen LogP) is 0.0433. The van der Waals surface area contributed by atoms with E-state index in [2.05, 4.69) is 14.5 Å². The predicted molar refractivity (Wildman–Crippen MR) is 26.9 cm³/mol. The summed E-state index contributed by atoms with van der Waals surface area (Å²) in [6.07, 6.45) is 0.754. The van der Waals surface area contributed by atoms with Gasteiger partial charge in [-0.15, -0.1) is 0 Å². The van der Waals surface area contributed by atoms with Crippen LogP contribution < -0.4 is 0 Å². The molecule has 0 saturated carbocycles. The van der Waals surface area contributed by atoms with Crippen LogP contribution in [0.5, 0.6) is 0 Å². The molecule has 0 N–H and O–H groups in total. The molecule has 1 fully saturated rings. The third-order valence-corrected chi connectivity index (χ3v) is 0.985. The molecule has 0 aromatic heterocycles. The number of carbonyl (C=O) groups excluding carboxylic acids is 1. The maximum absolute atomic E-state index is 10.5. The first-order chi connectivity index (χ1) is 4.34. The van der Waals surface area contributed by atoms with Gasteiger partial charge in [0.1, 0.15) is 0 Å². The molecule has 1 rings (SSSR count). The number of ether oxygens (including phenoxy) is 1. The van der Waals surface area contributed by atoms with Crippen molar-refractivity contribution in [3.63, 3.8) is 0 Å². The molecular formula is C5H7O4. The minimum Gasteiger partial charge on any atom is -0.467 e. The molecule has 0 amide bonds. The highest BCUT2D eigenvalue weighted by Gasteiger charge is 2.27. The number of esters is 1. The van der Waals surface area contributed by atoms with E-state index in [9.17, 15) is 4.79 Å². The molecule has 1 heterocycles. The van der Waals surface area contributed by atoms with Crippen LogP contribution in [0.15, 0.2) is 0 Å². The fraction of sp³-hybridized carbons (Fsp3) is 0.600. The quantitative estimate of drug-likeness (QED) is 0.372. The standard InChI is InChI=1S/C5H7O4/c1-7-5(6)4-2-3-8-9-4/h2-3H2,1H3. The van der Waals surface area contributed by atoms with Crippen molar-refractivity contribution >= 4 is 5.97 Å². The number of carbonyl (C=O) groups is 1. The largest absolute Gasteiger partial charge is 0.467 e. The van der Waals surface area contributed by atoms with E-state index in [0.29, 0.717) is 13.0 Å². The van der Waals surface area contributed by atoms with Gasteiger partial charge in [0.25, 0.3) is 0 Å². The van der Waals surface area contributed by atoms with Crippen molar-refractivity contribution in [2.45, 2.75) is 6.42 Å². The molecule has 4 heteroatoms. The van der Waals surface area contributed by atoms with Gasteiger partial charge in [-0.3, -0.25) is 0 Å². The second-order valence-electron chi connectivity index (χ2n) is 1.57. The Balaban J connectivity index is 2.32. The average molecular weight is 131 g/mol. The molecule has 9 heavy (non-hydrogen) atoms. The molecule has 1 saturated heterocycles. The molecule has 0 atom stereocenters. The zero-order valence-electron chi connectivity index (χ0n) is 5.05. The van der Waals surface area contributed by atoms with Gasteiger partial charge in [0.05, 0.1) is 13.7 Å². The lowest BCUT2D eigenvalue weighted by Crippen LogP contribution is -2.11. The van der Waals surface area contributed by atoms with Gasteiger partial charge in [-0.05, 0) is 0 Å². The van der Waals surface area contributed by atoms with Gasteiger partial charge in [-0.25, -0.2) is 14.6 Å². The molecule has 0 unspecified atom stereocenters. The van der Waals surface area contributed by atoms with Gasteiger partial charge >= 0.3 is 5.97 Å². The molecular weight excluding hydrogens is 124 g/mol. The van der Waals surface area contributed by atoms with Crippen molar-refractivity contribution in [1.82, 2.24) is 0 Å². The molecule has 1 radical (unpaired) electrons. The smallest absolute Gasteiger partial charge is 0.345 e. The van der Waals surface area contributed by atoms with Gasteiger partial charge < -0.3 is 4.74 Å². The third-order valence-electron chi connectivity index (χ3n) is 0.985. The average Bonchev–Trinajstić information content (AvgIpc) is 2.37. The fourth-order valence-electron chi connectivity index (χ4n) is 0.539. The van der Waals surface area contributed by atoms with Crippen molar-refractivity contribution < 1.29 is 19.3 Å². The fourth-order valence-corrected chi connectivity index (χ4v) is 0.539. The summed E-state index contributed by atoms with van der Waals surface area (Å²) in [5.74, 6) is -0.451. The van der Waals surface area contributed by atoms with Gasteiger partial charge in [0.15, 0.2) is 0 Å². The number of hydrogen-bond acceptors (Lipinski definition) is 4. The van der Waals surface area contributed by atoms with Gasteiger partial charge in [-0.2, -0.15) is 0 Å². The van der Waals surface area contributed by atoms with Gasteiger partial charge in [0.2, 0.25) is 6.10 Å². The summed E-state index contributed by atoms with van der Waals surface area (Å²) in [6, 6.07) is 0. The number of methoxy groups -OCH3 is 1. The van der Waals surface area contributed by atoms with Crippen LogP contribution in [0.25, 0.3) is 0 Å². The second-order valence-corrected chi connectivity index (χ2v) is 1.57. The molecule has 51 valence electrons. The summed E-state index contributed by atoms with van der Waals surface area (Å²) in [7, 11) is 1.30. The van der Waals surface area contributed by atoms with Crippen LogP contribution in [-0.4, -0.2) is 19.7 Å². The number of hydrogen-bond donors (Lipinski definition) is 0. The first-order valence-electron chi connectivity index (χ1n) is 2.58. The van der Waals surface area contributed by atoms with E-state index >= 15 is 0 Å². The van der Waals surface area contributed by atoms with E-state index in [1.54, 1.807) is 0 Å². The van der Waals surface area contributed by atoms with Crippen molar-refractivity contribution in [2.75, 3.05) is 13.7 Å². The highest BCUT2D eigenvalue weighted by Crippen LogP contribution is 2.17. The van der Waals surface area contributed by atoms with Gasteiger partial charge in [0, 0.05) is 6.42 Å². The van der Waals surface area contributed by atoms with Crippen LogP contribution in [-0.2, 0) is 19.3 Å². The van der Waals surface area contributed by atoms with Crippen LogP contribution in [0.2, 0.25) is 0 Å². The summed E-state index contributed by atoms with van der Waals surface area (Å²) in [4.78, 5) is 19.4. The Hall–Kier alpha value is -0.610. The molecule has 0 aliphatic carbocycles. The van der Waals surface area contributed by atoms with E-state index in [0.717, 1.165) is 0 Å². The monoisotopic (exact) mass is 131 g/mol. The summed E-state index contributed by atoms with van der Waals surface area (Å²) in [5, 5.41) is 0. The summed E-state index contributed by atoms with van der Waals surface area (Å²) >= 11 is 0. The summed E-state index contributed by atoms with van der Waals surface area (Å²) in [5.41, 5.74) is 0. The molecule has 0 aromatic carbocycles. The first-order valence-corrected chi connectivity index (χ1v) is 2.58. The zero-order chi connectivity index (χ0) is 6.69. The van der Waals surface area contributed by atoms with E-state index < -0.39 is 5.97 Å². The van der Waals surface area contributed by atoms with Crippen LogP contribution in [0.3, 0.4) is 0 Å². The van der Waals surface area contributed by atoms with Crippen molar-refractivity contribution in [3.05, 3.63) is 6.10 Å². The Morgan fingerprint density at radius 2 is 2.56 bits per heavy atom. The van der Waals surface area contributed by atoms with Crippen molar-refractivity contribution in [2.24, 2.45) is 0 Å². The first kappa shape index (κ1) is 6.51. The molecule has 1 aliphatic rings. The third kappa shape index (κ3) is 1.40. The molecule has 0 bridgehead atoms.